The fourth-order valence-electron chi connectivity index (χ4n) is 3.88. The number of hydrogen-bond acceptors (Lipinski definition) is 5. The molecule has 0 aliphatic heterocycles. The van der Waals surface area contributed by atoms with Crippen molar-refractivity contribution >= 4 is 5.65 Å². The van der Waals surface area contributed by atoms with Crippen LogP contribution in [0.15, 0.2) is 67.1 Å². The van der Waals surface area contributed by atoms with Gasteiger partial charge in [-0.15, -0.1) is 0 Å². The van der Waals surface area contributed by atoms with Gasteiger partial charge in [-0.1, -0.05) is 24.3 Å². The van der Waals surface area contributed by atoms with Crippen LogP contribution >= 0.6 is 0 Å². The summed E-state index contributed by atoms with van der Waals surface area (Å²) in [7, 11) is 2.01. The standard InChI is InChI=1S/C25H24FN7/c1-17-6-5-9-21(29-17)25-24(19-10-11-23-27-16-28-33(23)14-19)30-22(31-25)15-32(2)13-12-18-7-3-4-8-20(18)26/h3-11,14,16H,12-13,15H2,1-2H3,(H,30,31). The van der Waals surface area contributed by atoms with E-state index in [1.165, 1.54) is 12.4 Å². The predicted octanol–water partition coefficient (Wildman–Crippen LogP) is 4.30. The maximum atomic E-state index is 14.0. The Balaban J connectivity index is 1.44. The number of imidazole rings is 1. The third-order valence-electron chi connectivity index (χ3n) is 5.59. The van der Waals surface area contributed by atoms with Crippen LogP contribution in [0.3, 0.4) is 0 Å². The second-order valence-corrected chi connectivity index (χ2v) is 8.13. The van der Waals surface area contributed by atoms with E-state index in [4.69, 9.17) is 9.97 Å². The summed E-state index contributed by atoms with van der Waals surface area (Å²) < 4.78 is 15.7. The molecule has 4 aromatic heterocycles. The van der Waals surface area contributed by atoms with Gasteiger partial charge < -0.3 is 4.98 Å². The summed E-state index contributed by atoms with van der Waals surface area (Å²) in [6, 6.07) is 16.8. The van der Waals surface area contributed by atoms with Crippen LogP contribution in [-0.4, -0.2) is 48.0 Å². The molecular formula is C25H24FN7. The predicted molar refractivity (Wildman–Crippen MR) is 125 cm³/mol. The number of pyridine rings is 2. The number of halogens is 1. The molecule has 0 saturated carbocycles. The summed E-state index contributed by atoms with van der Waals surface area (Å²) in [5, 5.41) is 4.25. The van der Waals surface area contributed by atoms with Crippen LogP contribution < -0.4 is 0 Å². The smallest absolute Gasteiger partial charge is 0.155 e. The number of fused-ring (bicyclic) bond motifs is 1. The molecule has 8 heteroatoms. The lowest BCUT2D eigenvalue weighted by Crippen LogP contribution is -2.21. The van der Waals surface area contributed by atoms with E-state index in [0.717, 1.165) is 45.4 Å². The highest BCUT2D eigenvalue weighted by atomic mass is 19.1. The van der Waals surface area contributed by atoms with E-state index in [-0.39, 0.29) is 5.82 Å². The molecule has 0 atom stereocenters. The van der Waals surface area contributed by atoms with Crippen LogP contribution in [0.5, 0.6) is 0 Å². The molecule has 4 heterocycles. The van der Waals surface area contributed by atoms with Crippen molar-refractivity contribution in [3.8, 4) is 22.6 Å². The number of hydrogen-bond donors (Lipinski definition) is 1. The number of nitrogens with one attached hydrogen (secondary N) is 1. The first-order valence-electron chi connectivity index (χ1n) is 10.8. The normalized spacial score (nSPS) is 11.5. The molecule has 33 heavy (non-hydrogen) atoms. The molecule has 1 aromatic carbocycles. The van der Waals surface area contributed by atoms with Crippen molar-refractivity contribution in [1.82, 2.24) is 34.4 Å². The number of benzene rings is 1. The van der Waals surface area contributed by atoms with E-state index in [2.05, 4.69) is 20.0 Å². The Morgan fingerprint density at radius 3 is 2.76 bits per heavy atom. The van der Waals surface area contributed by atoms with E-state index >= 15 is 0 Å². The largest absolute Gasteiger partial charge is 0.339 e. The van der Waals surface area contributed by atoms with Crippen molar-refractivity contribution in [2.45, 2.75) is 19.9 Å². The van der Waals surface area contributed by atoms with Gasteiger partial charge in [0, 0.05) is 24.0 Å². The van der Waals surface area contributed by atoms with Gasteiger partial charge >= 0.3 is 0 Å². The molecule has 5 aromatic rings. The van der Waals surface area contributed by atoms with Crippen LogP contribution in [0.1, 0.15) is 17.1 Å². The van der Waals surface area contributed by atoms with E-state index in [9.17, 15) is 4.39 Å². The topological polar surface area (TPSA) is 75.0 Å². The lowest BCUT2D eigenvalue weighted by atomic mass is 10.1. The average molecular weight is 442 g/mol. The van der Waals surface area contributed by atoms with Gasteiger partial charge in [0.2, 0.25) is 0 Å². The molecule has 1 N–H and O–H groups in total. The van der Waals surface area contributed by atoms with Gasteiger partial charge in [0.1, 0.15) is 18.0 Å². The van der Waals surface area contributed by atoms with E-state index in [0.29, 0.717) is 19.5 Å². The van der Waals surface area contributed by atoms with Crippen molar-refractivity contribution < 1.29 is 4.39 Å². The van der Waals surface area contributed by atoms with Crippen LogP contribution in [0.25, 0.3) is 28.3 Å². The molecule has 0 bridgehead atoms. The van der Waals surface area contributed by atoms with Crippen molar-refractivity contribution in [3.05, 3.63) is 90.0 Å². The van der Waals surface area contributed by atoms with Gasteiger partial charge in [-0.05, 0) is 56.3 Å². The lowest BCUT2D eigenvalue weighted by Gasteiger charge is -2.15. The van der Waals surface area contributed by atoms with Gasteiger partial charge in [-0.3, -0.25) is 9.88 Å². The molecule has 7 nitrogen and oxygen atoms in total. The van der Waals surface area contributed by atoms with Crippen LogP contribution in [0, 0.1) is 12.7 Å². The monoisotopic (exact) mass is 441 g/mol. The number of likely N-dealkylation sites (N-methyl/N-ethyl adjacent to an activating group) is 1. The Kier molecular flexibility index (Phi) is 5.66. The molecule has 0 aliphatic rings. The molecule has 0 spiro atoms. The zero-order valence-corrected chi connectivity index (χ0v) is 18.5. The highest BCUT2D eigenvalue weighted by Crippen LogP contribution is 2.29. The highest BCUT2D eigenvalue weighted by molar-refractivity contribution is 5.77. The Morgan fingerprint density at radius 2 is 1.91 bits per heavy atom. The van der Waals surface area contributed by atoms with Gasteiger partial charge in [0.25, 0.3) is 0 Å². The van der Waals surface area contributed by atoms with E-state index < -0.39 is 0 Å². The molecule has 0 fully saturated rings. The molecule has 0 aliphatic carbocycles. The summed E-state index contributed by atoms with van der Waals surface area (Å²) in [6.45, 7) is 3.27. The molecule has 0 saturated heterocycles. The average Bonchev–Trinajstić information content (AvgIpc) is 3.45. The molecular weight excluding hydrogens is 417 g/mol. The van der Waals surface area contributed by atoms with Crippen molar-refractivity contribution in [2.75, 3.05) is 13.6 Å². The molecule has 0 radical (unpaired) electrons. The number of nitrogens with zero attached hydrogens (tertiary/aromatic N) is 6. The third kappa shape index (κ3) is 4.51. The zero-order chi connectivity index (χ0) is 22.8. The van der Waals surface area contributed by atoms with Crippen molar-refractivity contribution in [1.29, 1.82) is 0 Å². The summed E-state index contributed by atoms with van der Waals surface area (Å²) in [5.74, 6) is 0.653. The minimum Gasteiger partial charge on any atom is -0.339 e. The highest BCUT2D eigenvalue weighted by Gasteiger charge is 2.17. The summed E-state index contributed by atoms with van der Waals surface area (Å²) >= 11 is 0. The second kappa shape index (κ2) is 8.91. The Bertz CT molecular complexity index is 1400. The minimum absolute atomic E-state index is 0.164. The Morgan fingerprint density at radius 1 is 1.03 bits per heavy atom. The maximum absolute atomic E-state index is 14.0. The van der Waals surface area contributed by atoms with E-state index in [1.807, 2.05) is 62.6 Å². The van der Waals surface area contributed by atoms with Gasteiger partial charge in [0.15, 0.2) is 5.65 Å². The van der Waals surface area contributed by atoms with Crippen molar-refractivity contribution in [3.63, 3.8) is 0 Å². The maximum Gasteiger partial charge on any atom is 0.155 e. The van der Waals surface area contributed by atoms with Crippen LogP contribution in [0.4, 0.5) is 4.39 Å². The minimum atomic E-state index is -0.164. The quantitative estimate of drug-likeness (QED) is 0.408. The number of rotatable bonds is 7. The Labute approximate surface area is 191 Å². The fourth-order valence-corrected chi connectivity index (χ4v) is 3.88. The third-order valence-corrected chi connectivity index (χ3v) is 5.59. The second-order valence-electron chi connectivity index (χ2n) is 8.13. The number of H-pyrrole nitrogens is 1. The first kappa shape index (κ1) is 21.0. The summed E-state index contributed by atoms with van der Waals surface area (Å²) in [4.78, 5) is 19.4. The van der Waals surface area contributed by atoms with Gasteiger partial charge in [0.05, 0.1) is 23.6 Å². The number of aromatic nitrogens is 6. The lowest BCUT2D eigenvalue weighted by molar-refractivity contribution is 0.322. The first-order chi connectivity index (χ1) is 16.1. The summed E-state index contributed by atoms with van der Waals surface area (Å²) in [5.41, 5.74) is 5.84. The number of aryl methyl sites for hydroxylation is 1. The molecule has 0 unspecified atom stereocenters. The zero-order valence-electron chi connectivity index (χ0n) is 18.5. The van der Waals surface area contributed by atoms with Crippen molar-refractivity contribution in [2.24, 2.45) is 0 Å². The first-order valence-corrected chi connectivity index (χ1v) is 10.8. The fraction of sp³-hybridized carbons (Fsp3) is 0.200. The van der Waals surface area contributed by atoms with Gasteiger partial charge in [-0.2, -0.15) is 5.10 Å². The van der Waals surface area contributed by atoms with E-state index in [1.54, 1.807) is 10.6 Å². The summed E-state index contributed by atoms with van der Waals surface area (Å²) in [6.07, 6.45) is 4.08. The molecule has 0 amide bonds. The van der Waals surface area contributed by atoms with Gasteiger partial charge in [-0.25, -0.2) is 18.9 Å². The number of aromatic amines is 1. The van der Waals surface area contributed by atoms with Crippen LogP contribution in [-0.2, 0) is 13.0 Å². The molecule has 5 rings (SSSR count). The Hall–Kier alpha value is -3.91. The van der Waals surface area contributed by atoms with Crippen LogP contribution in [0.2, 0.25) is 0 Å². The molecule has 166 valence electrons. The SMILES string of the molecule is Cc1cccc(-c2[nH]c(CN(C)CCc3ccccc3F)nc2-c2ccc3ncnn3c2)n1.